The van der Waals surface area contributed by atoms with Gasteiger partial charge in [0.05, 0.1) is 0 Å². The SMILES string of the molecule is c1cc(C2CC2)cc(NCC2CCCN2)n1. The summed E-state index contributed by atoms with van der Waals surface area (Å²) in [7, 11) is 0. The van der Waals surface area contributed by atoms with Crippen molar-refractivity contribution in [3.63, 3.8) is 0 Å². The van der Waals surface area contributed by atoms with Crippen molar-refractivity contribution >= 4 is 5.82 Å². The van der Waals surface area contributed by atoms with Crippen LogP contribution in [-0.2, 0) is 0 Å². The highest BCUT2D eigenvalue weighted by Crippen LogP contribution is 2.40. The van der Waals surface area contributed by atoms with Gasteiger partial charge in [-0.25, -0.2) is 4.98 Å². The van der Waals surface area contributed by atoms with Crippen molar-refractivity contribution in [1.82, 2.24) is 10.3 Å². The Bertz CT molecular complexity index is 354. The number of hydrogen-bond acceptors (Lipinski definition) is 3. The van der Waals surface area contributed by atoms with Gasteiger partial charge < -0.3 is 10.6 Å². The molecule has 16 heavy (non-hydrogen) atoms. The summed E-state index contributed by atoms with van der Waals surface area (Å²) in [6.45, 7) is 2.17. The van der Waals surface area contributed by atoms with E-state index in [-0.39, 0.29) is 0 Å². The standard InChI is InChI=1S/C13H19N3/c1-2-12(14-6-1)9-16-13-8-11(5-7-15-13)10-3-4-10/h5,7-8,10,12,14H,1-4,6,9H2,(H,15,16). The molecule has 2 heterocycles. The number of nitrogens with one attached hydrogen (secondary N) is 2. The van der Waals surface area contributed by atoms with E-state index in [1.165, 1.54) is 37.8 Å². The van der Waals surface area contributed by atoms with Gasteiger partial charge in [-0.2, -0.15) is 0 Å². The van der Waals surface area contributed by atoms with Crippen LogP contribution in [0.3, 0.4) is 0 Å². The molecule has 1 atom stereocenters. The van der Waals surface area contributed by atoms with Crippen molar-refractivity contribution in [3.05, 3.63) is 23.9 Å². The maximum Gasteiger partial charge on any atom is 0.126 e. The van der Waals surface area contributed by atoms with Crippen LogP contribution in [0.4, 0.5) is 5.82 Å². The Morgan fingerprint density at radius 2 is 2.31 bits per heavy atom. The second-order valence-corrected chi connectivity index (χ2v) is 4.92. The smallest absolute Gasteiger partial charge is 0.126 e. The summed E-state index contributed by atoms with van der Waals surface area (Å²) in [6.07, 6.45) is 7.23. The first kappa shape index (κ1) is 10.1. The van der Waals surface area contributed by atoms with Crippen LogP contribution >= 0.6 is 0 Å². The van der Waals surface area contributed by atoms with Crippen LogP contribution in [0.2, 0.25) is 0 Å². The number of rotatable bonds is 4. The zero-order valence-corrected chi connectivity index (χ0v) is 9.58. The van der Waals surface area contributed by atoms with Gasteiger partial charge >= 0.3 is 0 Å². The molecule has 2 fully saturated rings. The molecule has 3 rings (SSSR count). The van der Waals surface area contributed by atoms with E-state index in [0.717, 1.165) is 18.3 Å². The monoisotopic (exact) mass is 217 g/mol. The first-order valence-electron chi connectivity index (χ1n) is 6.35. The highest BCUT2D eigenvalue weighted by Gasteiger charge is 2.23. The summed E-state index contributed by atoms with van der Waals surface area (Å²) in [6, 6.07) is 5.00. The van der Waals surface area contributed by atoms with Crippen LogP contribution in [0.25, 0.3) is 0 Å². The summed E-state index contributed by atoms with van der Waals surface area (Å²) < 4.78 is 0. The van der Waals surface area contributed by atoms with E-state index < -0.39 is 0 Å². The molecule has 2 aliphatic rings. The van der Waals surface area contributed by atoms with Gasteiger partial charge in [0.25, 0.3) is 0 Å². The molecule has 1 aliphatic heterocycles. The third-order valence-corrected chi connectivity index (χ3v) is 3.52. The molecule has 0 amide bonds. The average Bonchev–Trinajstić information content (AvgIpc) is 3.05. The van der Waals surface area contributed by atoms with Gasteiger partial charge in [-0.05, 0) is 55.8 Å². The number of nitrogens with zero attached hydrogens (tertiary/aromatic N) is 1. The molecule has 0 spiro atoms. The lowest BCUT2D eigenvalue weighted by Crippen LogP contribution is -2.29. The van der Waals surface area contributed by atoms with Crippen molar-refractivity contribution in [3.8, 4) is 0 Å². The molecule has 0 bridgehead atoms. The molecule has 1 saturated heterocycles. The quantitative estimate of drug-likeness (QED) is 0.811. The second kappa shape index (κ2) is 4.42. The van der Waals surface area contributed by atoms with Crippen LogP contribution < -0.4 is 10.6 Å². The predicted molar refractivity (Wildman–Crippen MR) is 65.7 cm³/mol. The van der Waals surface area contributed by atoms with Gasteiger partial charge in [-0.15, -0.1) is 0 Å². The molecule has 1 aromatic rings. The Kier molecular flexibility index (Phi) is 2.79. The molecule has 2 N–H and O–H groups in total. The zero-order valence-electron chi connectivity index (χ0n) is 9.58. The van der Waals surface area contributed by atoms with E-state index in [2.05, 4.69) is 27.8 Å². The summed E-state index contributed by atoms with van der Waals surface area (Å²) >= 11 is 0. The number of anilines is 1. The summed E-state index contributed by atoms with van der Waals surface area (Å²) in [5, 5.41) is 6.92. The largest absolute Gasteiger partial charge is 0.369 e. The van der Waals surface area contributed by atoms with Gasteiger partial charge in [-0.1, -0.05) is 0 Å². The minimum atomic E-state index is 0.631. The molecule has 1 aliphatic carbocycles. The van der Waals surface area contributed by atoms with Gasteiger partial charge in [0.2, 0.25) is 0 Å². The van der Waals surface area contributed by atoms with Crippen molar-refractivity contribution in [2.45, 2.75) is 37.6 Å². The Hall–Kier alpha value is -1.09. The van der Waals surface area contributed by atoms with E-state index in [1.54, 1.807) is 0 Å². The van der Waals surface area contributed by atoms with Crippen molar-refractivity contribution in [1.29, 1.82) is 0 Å². The van der Waals surface area contributed by atoms with Crippen molar-refractivity contribution in [2.24, 2.45) is 0 Å². The average molecular weight is 217 g/mol. The maximum atomic E-state index is 4.37. The van der Waals surface area contributed by atoms with E-state index in [1.807, 2.05) is 6.20 Å². The summed E-state index contributed by atoms with van der Waals surface area (Å²) in [5.74, 6) is 1.85. The molecule has 0 aromatic carbocycles. The fourth-order valence-corrected chi connectivity index (χ4v) is 2.37. The molecule has 86 valence electrons. The molecule has 1 saturated carbocycles. The Labute approximate surface area is 96.7 Å². The number of aromatic nitrogens is 1. The fourth-order valence-electron chi connectivity index (χ4n) is 2.37. The van der Waals surface area contributed by atoms with E-state index >= 15 is 0 Å². The Morgan fingerprint density at radius 3 is 3.06 bits per heavy atom. The normalized spacial score (nSPS) is 24.6. The van der Waals surface area contributed by atoms with Crippen LogP contribution in [0.5, 0.6) is 0 Å². The first-order chi connectivity index (χ1) is 7.92. The van der Waals surface area contributed by atoms with E-state index in [4.69, 9.17) is 0 Å². The summed E-state index contributed by atoms with van der Waals surface area (Å²) in [5.41, 5.74) is 1.46. The molecule has 1 unspecified atom stereocenters. The minimum Gasteiger partial charge on any atom is -0.369 e. The summed E-state index contributed by atoms with van der Waals surface area (Å²) in [4.78, 5) is 4.37. The maximum absolute atomic E-state index is 4.37. The molecule has 1 aromatic heterocycles. The Balaban J connectivity index is 1.58. The molecule has 0 radical (unpaired) electrons. The Morgan fingerprint density at radius 1 is 1.38 bits per heavy atom. The lowest BCUT2D eigenvalue weighted by atomic mass is 10.2. The first-order valence-corrected chi connectivity index (χ1v) is 6.35. The number of hydrogen-bond donors (Lipinski definition) is 2. The van der Waals surface area contributed by atoms with E-state index in [0.29, 0.717) is 6.04 Å². The molecule has 3 nitrogen and oxygen atoms in total. The van der Waals surface area contributed by atoms with Crippen LogP contribution in [0.1, 0.15) is 37.2 Å². The highest BCUT2D eigenvalue weighted by molar-refractivity contribution is 5.40. The number of pyridine rings is 1. The zero-order chi connectivity index (χ0) is 10.8. The lowest BCUT2D eigenvalue weighted by Gasteiger charge is -2.12. The van der Waals surface area contributed by atoms with Crippen LogP contribution in [0, 0.1) is 0 Å². The molecular formula is C13H19N3. The third kappa shape index (κ3) is 2.35. The van der Waals surface area contributed by atoms with Gasteiger partial charge in [0, 0.05) is 18.8 Å². The predicted octanol–water partition coefficient (Wildman–Crippen LogP) is 2.12. The lowest BCUT2D eigenvalue weighted by molar-refractivity contribution is 0.632. The van der Waals surface area contributed by atoms with E-state index in [9.17, 15) is 0 Å². The third-order valence-electron chi connectivity index (χ3n) is 3.52. The second-order valence-electron chi connectivity index (χ2n) is 4.92. The van der Waals surface area contributed by atoms with Gasteiger partial charge in [0.15, 0.2) is 0 Å². The van der Waals surface area contributed by atoms with Crippen LogP contribution in [-0.4, -0.2) is 24.1 Å². The van der Waals surface area contributed by atoms with Crippen LogP contribution in [0.15, 0.2) is 18.3 Å². The molecule has 3 heteroatoms. The van der Waals surface area contributed by atoms with Crippen molar-refractivity contribution in [2.75, 3.05) is 18.4 Å². The molecular weight excluding hydrogens is 198 g/mol. The van der Waals surface area contributed by atoms with Crippen molar-refractivity contribution < 1.29 is 0 Å². The topological polar surface area (TPSA) is 37.0 Å². The van der Waals surface area contributed by atoms with Gasteiger partial charge in [0.1, 0.15) is 5.82 Å². The fraction of sp³-hybridized carbons (Fsp3) is 0.615. The highest BCUT2D eigenvalue weighted by atomic mass is 15.0. The van der Waals surface area contributed by atoms with Gasteiger partial charge in [-0.3, -0.25) is 0 Å². The minimum absolute atomic E-state index is 0.631.